The topological polar surface area (TPSA) is 68.0 Å². The Hall–Kier alpha value is -2.36. The number of pyridine rings is 1. The van der Waals surface area contributed by atoms with Gasteiger partial charge in [-0.25, -0.2) is 4.98 Å². The van der Waals surface area contributed by atoms with Gasteiger partial charge in [0.05, 0.1) is 0 Å². The van der Waals surface area contributed by atoms with Crippen LogP contribution in [0, 0.1) is 0 Å². The maximum atomic E-state index is 12.0. The molecule has 1 aromatic carbocycles. The van der Waals surface area contributed by atoms with Gasteiger partial charge in [0.1, 0.15) is 11.5 Å². The smallest absolute Gasteiger partial charge is 0.270 e. The summed E-state index contributed by atoms with van der Waals surface area (Å²) >= 11 is 0. The Kier molecular flexibility index (Phi) is 2.91. The number of nitrogens with one attached hydrogen (secondary N) is 1. The zero-order chi connectivity index (χ0) is 13.2. The summed E-state index contributed by atoms with van der Waals surface area (Å²) in [6, 6.07) is 15.5. The van der Waals surface area contributed by atoms with Crippen LogP contribution in [0.3, 0.4) is 0 Å². The number of carbonyl (C=O) groups excluding carboxylic acids is 1. The summed E-state index contributed by atoms with van der Waals surface area (Å²) in [5, 5.41) is 2.99. The summed E-state index contributed by atoms with van der Waals surface area (Å²) < 4.78 is 0. The van der Waals surface area contributed by atoms with Gasteiger partial charge in [-0.3, -0.25) is 4.79 Å². The van der Waals surface area contributed by atoms with E-state index in [1.807, 2.05) is 18.2 Å². The van der Waals surface area contributed by atoms with Gasteiger partial charge in [-0.05, 0) is 24.1 Å². The molecule has 0 radical (unpaired) electrons. The maximum absolute atomic E-state index is 12.0. The van der Waals surface area contributed by atoms with Crippen LogP contribution in [0.4, 0.5) is 5.82 Å². The molecule has 1 saturated carbocycles. The number of nitrogens with two attached hydrogens (primary N) is 1. The highest BCUT2D eigenvalue weighted by atomic mass is 16.2. The summed E-state index contributed by atoms with van der Waals surface area (Å²) in [6.45, 7) is 0. The SMILES string of the molecule is Nc1cccc(C(=O)NC2CC2c2ccccc2)n1. The van der Waals surface area contributed by atoms with Crippen molar-refractivity contribution in [3.05, 3.63) is 59.8 Å². The summed E-state index contributed by atoms with van der Waals surface area (Å²) in [7, 11) is 0. The number of nitrogen functional groups attached to an aromatic ring is 1. The van der Waals surface area contributed by atoms with E-state index in [9.17, 15) is 4.79 Å². The van der Waals surface area contributed by atoms with Crippen molar-refractivity contribution in [2.24, 2.45) is 0 Å². The third-order valence-electron chi connectivity index (χ3n) is 3.34. The van der Waals surface area contributed by atoms with Crippen molar-refractivity contribution in [3.63, 3.8) is 0 Å². The minimum atomic E-state index is -0.157. The van der Waals surface area contributed by atoms with Crippen LogP contribution in [-0.4, -0.2) is 16.9 Å². The maximum Gasteiger partial charge on any atom is 0.270 e. The summed E-state index contributed by atoms with van der Waals surface area (Å²) in [5.74, 6) is 0.630. The van der Waals surface area contributed by atoms with E-state index >= 15 is 0 Å². The Labute approximate surface area is 111 Å². The fourth-order valence-electron chi connectivity index (χ4n) is 2.24. The molecular weight excluding hydrogens is 238 g/mol. The van der Waals surface area contributed by atoms with Crippen molar-refractivity contribution in [1.82, 2.24) is 10.3 Å². The number of carbonyl (C=O) groups is 1. The molecule has 1 aliphatic rings. The van der Waals surface area contributed by atoms with Crippen LogP contribution in [-0.2, 0) is 0 Å². The first-order chi connectivity index (χ1) is 9.24. The number of benzene rings is 1. The number of hydrogen-bond donors (Lipinski definition) is 2. The fourth-order valence-corrected chi connectivity index (χ4v) is 2.24. The first kappa shape index (κ1) is 11.7. The molecule has 3 N–H and O–H groups in total. The number of rotatable bonds is 3. The lowest BCUT2D eigenvalue weighted by molar-refractivity contribution is 0.0945. The minimum Gasteiger partial charge on any atom is -0.384 e. The second-order valence-electron chi connectivity index (χ2n) is 4.78. The Morgan fingerprint density at radius 3 is 2.68 bits per heavy atom. The van der Waals surface area contributed by atoms with E-state index in [4.69, 9.17) is 5.73 Å². The molecule has 1 aromatic heterocycles. The second-order valence-corrected chi connectivity index (χ2v) is 4.78. The lowest BCUT2D eigenvalue weighted by Crippen LogP contribution is -2.27. The lowest BCUT2D eigenvalue weighted by Gasteiger charge is -2.04. The van der Waals surface area contributed by atoms with Gasteiger partial charge in [0, 0.05) is 12.0 Å². The molecule has 2 unspecified atom stereocenters. The summed E-state index contributed by atoms with van der Waals surface area (Å²) in [4.78, 5) is 16.0. The zero-order valence-electron chi connectivity index (χ0n) is 10.4. The Bertz CT molecular complexity index is 597. The van der Waals surface area contributed by atoms with Crippen molar-refractivity contribution in [1.29, 1.82) is 0 Å². The van der Waals surface area contributed by atoms with E-state index in [2.05, 4.69) is 22.4 Å². The highest BCUT2D eigenvalue weighted by Gasteiger charge is 2.39. The molecular formula is C15H15N3O. The molecule has 0 spiro atoms. The largest absolute Gasteiger partial charge is 0.384 e. The Morgan fingerprint density at radius 2 is 1.95 bits per heavy atom. The first-order valence-electron chi connectivity index (χ1n) is 6.32. The third kappa shape index (κ3) is 2.57. The highest BCUT2D eigenvalue weighted by Crippen LogP contribution is 2.40. The van der Waals surface area contributed by atoms with Crippen LogP contribution in [0.5, 0.6) is 0 Å². The monoisotopic (exact) mass is 253 g/mol. The minimum absolute atomic E-state index is 0.157. The van der Waals surface area contributed by atoms with Crippen molar-refractivity contribution in [2.75, 3.05) is 5.73 Å². The van der Waals surface area contributed by atoms with Crippen molar-refractivity contribution >= 4 is 11.7 Å². The van der Waals surface area contributed by atoms with Crippen LogP contribution in [0.1, 0.15) is 28.4 Å². The van der Waals surface area contributed by atoms with Crippen LogP contribution >= 0.6 is 0 Å². The molecule has 0 bridgehead atoms. The normalized spacial score (nSPS) is 20.8. The average molecular weight is 253 g/mol. The van der Waals surface area contributed by atoms with E-state index < -0.39 is 0 Å². The number of hydrogen-bond acceptors (Lipinski definition) is 3. The number of amides is 1. The molecule has 2 atom stereocenters. The number of aromatic nitrogens is 1. The van der Waals surface area contributed by atoms with Crippen LogP contribution in [0.25, 0.3) is 0 Å². The third-order valence-corrected chi connectivity index (χ3v) is 3.34. The molecule has 1 fully saturated rings. The highest BCUT2D eigenvalue weighted by molar-refractivity contribution is 5.93. The Morgan fingerprint density at radius 1 is 1.16 bits per heavy atom. The Balaban J connectivity index is 1.64. The molecule has 1 heterocycles. The van der Waals surface area contributed by atoms with E-state index in [0.29, 0.717) is 17.4 Å². The summed E-state index contributed by atoms with van der Waals surface area (Å²) in [6.07, 6.45) is 0.984. The summed E-state index contributed by atoms with van der Waals surface area (Å²) in [5.41, 5.74) is 7.22. The zero-order valence-corrected chi connectivity index (χ0v) is 10.4. The predicted octanol–water partition coefficient (Wildman–Crippen LogP) is 1.95. The molecule has 3 rings (SSSR count). The molecule has 0 saturated heterocycles. The van der Waals surface area contributed by atoms with Gasteiger partial charge in [0.15, 0.2) is 0 Å². The van der Waals surface area contributed by atoms with E-state index in [-0.39, 0.29) is 11.9 Å². The van der Waals surface area contributed by atoms with Gasteiger partial charge in [-0.15, -0.1) is 0 Å². The second kappa shape index (κ2) is 4.72. The van der Waals surface area contributed by atoms with Crippen LogP contribution in [0.15, 0.2) is 48.5 Å². The van der Waals surface area contributed by atoms with Gasteiger partial charge >= 0.3 is 0 Å². The number of nitrogens with zero attached hydrogens (tertiary/aromatic N) is 1. The quantitative estimate of drug-likeness (QED) is 0.878. The van der Waals surface area contributed by atoms with Crippen molar-refractivity contribution < 1.29 is 4.79 Å². The van der Waals surface area contributed by atoms with E-state index in [0.717, 1.165) is 6.42 Å². The first-order valence-corrected chi connectivity index (χ1v) is 6.32. The predicted molar refractivity (Wildman–Crippen MR) is 73.7 cm³/mol. The molecule has 1 aliphatic carbocycles. The molecule has 4 heteroatoms. The van der Waals surface area contributed by atoms with Gasteiger partial charge in [-0.1, -0.05) is 36.4 Å². The molecule has 96 valence electrons. The molecule has 0 aliphatic heterocycles. The lowest BCUT2D eigenvalue weighted by atomic mass is 10.1. The van der Waals surface area contributed by atoms with Gasteiger partial charge in [0.25, 0.3) is 5.91 Å². The number of anilines is 1. The molecule has 4 nitrogen and oxygen atoms in total. The van der Waals surface area contributed by atoms with Crippen LogP contribution < -0.4 is 11.1 Å². The molecule has 2 aromatic rings. The van der Waals surface area contributed by atoms with E-state index in [1.165, 1.54) is 5.56 Å². The van der Waals surface area contributed by atoms with Crippen molar-refractivity contribution in [3.8, 4) is 0 Å². The average Bonchev–Trinajstić information content (AvgIpc) is 3.19. The fraction of sp³-hybridized carbons (Fsp3) is 0.200. The van der Waals surface area contributed by atoms with Gasteiger partial charge < -0.3 is 11.1 Å². The molecule has 1 amide bonds. The van der Waals surface area contributed by atoms with Crippen LogP contribution in [0.2, 0.25) is 0 Å². The van der Waals surface area contributed by atoms with Gasteiger partial charge in [-0.2, -0.15) is 0 Å². The van der Waals surface area contributed by atoms with Gasteiger partial charge in [0.2, 0.25) is 0 Å². The standard InChI is InChI=1S/C15H15N3O/c16-14-8-4-7-12(17-14)15(19)18-13-9-11(13)10-5-2-1-3-6-10/h1-8,11,13H,9H2,(H2,16,17)(H,18,19). The molecule has 19 heavy (non-hydrogen) atoms. The van der Waals surface area contributed by atoms with E-state index in [1.54, 1.807) is 18.2 Å². The van der Waals surface area contributed by atoms with Crippen molar-refractivity contribution in [2.45, 2.75) is 18.4 Å².